The van der Waals surface area contributed by atoms with Gasteiger partial charge in [0.15, 0.2) is 0 Å². The molecular weight excluding hydrogens is 228 g/mol. The summed E-state index contributed by atoms with van der Waals surface area (Å²) in [7, 11) is 0. The molecule has 0 saturated heterocycles. The van der Waals surface area contributed by atoms with Crippen LogP contribution in [0.5, 0.6) is 0 Å². The van der Waals surface area contributed by atoms with Crippen LogP contribution in [0.25, 0.3) is 0 Å². The van der Waals surface area contributed by atoms with E-state index in [0.717, 1.165) is 16.8 Å². The summed E-state index contributed by atoms with van der Waals surface area (Å²) in [6.07, 6.45) is 2.06. The Morgan fingerprint density at radius 1 is 1.38 bits per heavy atom. The monoisotopic (exact) mass is 238 g/mol. The molecule has 2 nitrogen and oxygen atoms in total. The Balaban J connectivity index is 2.31. The number of halogens is 1. The van der Waals surface area contributed by atoms with Crippen LogP contribution in [0.1, 0.15) is 11.5 Å². The molecule has 1 aromatic carbocycles. The summed E-state index contributed by atoms with van der Waals surface area (Å²) in [5.41, 5.74) is 6.93. The fourth-order valence-corrected chi connectivity index (χ4v) is 2.12. The van der Waals surface area contributed by atoms with E-state index in [0.29, 0.717) is 5.92 Å². The highest BCUT2D eigenvalue weighted by Gasteiger charge is 2.16. The van der Waals surface area contributed by atoms with Gasteiger partial charge in [0, 0.05) is 16.9 Å². The topological polar surface area (TPSA) is 38.0 Å². The molecule has 0 aromatic heterocycles. The molecule has 68 valence electrons. The van der Waals surface area contributed by atoms with Gasteiger partial charge in [-0.25, -0.2) is 0 Å². The van der Waals surface area contributed by atoms with Gasteiger partial charge in [0.2, 0.25) is 0 Å². The van der Waals surface area contributed by atoms with E-state index >= 15 is 0 Å². The van der Waals surface area contributed by atoms with Crippen molar-refractivity contribution >= 4 is 15.9 Å². The third kappa shape index (κ3) is 1.70. The molecule has 1 aromatic rings. The predicted molar refractivity (Wildman–Crippen MR) is 57.2 cm³/mol. The van der Waals surface area contributed by atoms with Crippen molar-refractivity contribution in [3.05, 3.63) is 46.2 Å². The molecule has 0 amide bonds. The zero-order valence-corrected chi connectivity index (χ0v) is 8.71. The summed E-state index contributed by atoms with van der Waals surface area (Å²) < 4.78 is 1.15. The Bertz CT molecular complexity index is 347. The normalized spacial score (nSPS) is 21.0. The van der Waals surface area contributed by atoms with Crippen LogP contribution in [0, 0.1) is 0 Å². The van der Waals surface area contributed by atoms with Gasteiger partial charge in [-0.1, -0.05) is 34.1 Å². The molecule has 0 spiro atoms. The van der Waals surface area contributed by atoms with Gasteiger partial charge in [-0.3, -0.25) is 0 Å². The van der Waals surface area contributed by atoms with Gasteiger partial charge in [0.1, 0.15) is 0 Å². The maximum atomic E-state index is 5.65. The van der Waals surface area contributed by atoms with E-state index in [4.69, 9.17) is 5.73 Å². The van der Waals surface area contributed by atoms with E-state index in [2.05, 4.69) is 39.5 Å². The highest BCUT2D eigenvalue weighted by atomic mass is 79.9. The summed E-state index contributed by atoms with van der Waals surface area (Å²) in [6.45, 7) is 0.897. The number of hydrogen-bond acceptors (Lipinski definition) is 2. The van der Waals surface area contributed by atoms with Crippen molar-refractivity contribution in [1.82, 2.24) is 5.32 Å². The fraction of sp³-hybridized carbons (Fsp3) is 0.200. The molecule has 3 heteroatoms. The van der Waals surface area contributed by atoms with Gasteiger partial charge in [0.05, 0.1) is 5.82 Å². The zero-order valence-electron chi connectivity index (χ0n) is 7.13. The van der Waals surface area contributed by atoms with Gasteiger partial charge in [-0.2, -0.15) is 0 Å². The lowest BCUT2D eigenvalue weighted by Crippen LogP contribution is -2.16. The van der Waals surface area contributed by atoms with Crippen LogP contribution in [-0.2, 0) is 0 Å². The molecule has 0 radical (unpaired) electrons. The van der Waals surface area contributed by atoms with Gasteiger partial charge in [0.25, 0.3) is 0 Å². The molecule has 0 saturated carbocycles. The largest absolute Gasteiger partial charge is 0.386 e. The first kappa shape index (κ1) is 8.63. The second kappa shape index (κ2) is 3.42. The minimum atomic E-state index is 0.399. The predicted octanol–water partition coefficient (Wildman–Crippen LogP) is 1.94. The first-order chi connectivity index (χ1) is 6.27. The van der Waals surface area contributed by atoms with Crippen molar-refractivity contribution in [1.29, 1.82) is 0 Å². The summed E-state index contributed by atoms with van der Waals surface area (Å²) in [4.78, 5) is 0. The molecule has 0 bridgehead atoms. The SMILES string of the molecule is NC1=C[C@@H](c2ccccc2Br)CN1. The third-order valence-corrected chi connectivity index (χ3v) is 2.93. The molecule has 0 aliphatic carbocycles. The van der Waals surface area contributed by atoms with E-state index in [1.54, 1.807) is 0 Å². The average Bonchev–Trinajstić information content (AvgIpc) is 2.53. The van der Waals surface area contributed by atoms with Crippen molar-refractivity contribution in [2.24, 2.45) is 5.73 Å². The van der Waals surface area contributed by atoms with E-state index in [9.17, 15) is 0 Å². The highest BCUT2D eigenvalue weighted by molar-refractivity contribution is 9.10. The fourth-order valence-electron chi connectivity index (χ4n) is 1.54. The lowest BCUT2D eigenvalue weighted by atomic mass is 10.0. The zero-order chi connectivity index (χ0) is 9.26. The van der Waals surface area contributed by atoms with Crippen LogP contribution in [0.15, 0.2) is 40.6 Å². The molecule has 2 rings (SSSR count). The van der Waals surface area contributed by atoms with E-state index in [1.807, 2.05) is 12.1 Å². The van der Waals surface area contributed by atoms with Crippen molar-refractivity contribution in [2.75, 3.05) is 6.54 Å². The van der Waals surface area contributed by atoms with Crippen LogP contribution in [0.4, 0.5) is 0 Å². The number of benzene rings is 1. The maximum Gasteiger partial charge on any atom is 0.0926 e. The number of nitrogens with two attached hydrogens (primary N) is 1. The standard InChI is InChI=1S/C10H11BrN2/c11-9-4-2-1-3-8(9)7-5-10(12)13-6-7/h1-5,7,13H,6,12H2/t7-/m1/s1. The van der Waals surface area contributed by atoms with E-state index in [-0.39, 0.29) is 0 Å². The Kier molecular flexibility index (Phi) is 2.27. The number of rotatable bonds is 1. The third-order valence-electron chi connectivity index (χ3n) is 2.21. The molecule has 13 heavy (non-hydrogen) atoms. The van der Waals surface area contributed by atoms with Gasteiger partial charge in [-0.15, -0.1) is 0 Å². The van der Waals surface area contributed by atoms with Gasteiger partial charge >= 0.3 is 0 Å². The first-order valence-electron chi connectivity index (χ1n) is 4.23. The van der Waals surface area contributed by atoms with Crippen LogP contribution in [0.3, 0.4) is 0 Å². The number of nitrogens with one attached hydrogen (secondary N) is 1. The van der Waals surface area contributed by atoms with Crippen LogP contribution in [-0.4, -0.2) is 6.54 Å². The van der Waals surface area contributed by atoms with Crippen molar-refractivity contribution in [3.8, 4) is 0 Å². The van der Waals surface area contributed by atoms with Crippen LogP contribution < -0.4 is 11.1 Å². The molecule has 1 heterocycles. The first-order valence-corrected chi connectivity index (χ1v) is 5.02. The minimum absolute atomic E-state index is 0.399. The second-order valence-electron chi connectivity index (χ2n) is 3.13. The van der Waals surface area contributed by atoms with E-state index in [1.165, 1.54) is 5.56 Å². The van der Waals surface area contributed by atoms with Crippen LogP contribution >= 0.6 is 15.9 Å². The average molecular weight is 239 g/mol. The summed E-state index contributed by atoms with van der Waals surface area (Å²) in [6, 6.07) is 8.23. The Morgan fingerprint density at radius 3 is 2.77 bits per heavy atom. The number of hydrogen-bond donors (Lipinski definition) is 2. The summed E-state index contributed by atoms with van der Waals surface area (Å²) in [5, 5.41) is 3.11. The quantitative estimate of drug-likeness (QED) is 0.785. The summed E-state index contributed by atoms with van der Waals surface area (Å²) >= 11 is 3.53. The Hall–Kier alpha value is -0.960. The van der Waals surface area contributed by atoms with Crippen molar-refractivity contribution < 1.29 is 0 Å². The Labute approximate surface area is 86.0 Å². The molecule has 0 fully saturated rings. The Morgan fingerprint density at radius 2 is 2.15 bits per heavy atom. The van der Waals surface area contributed by atoms with Gasteiger partial charge < -0.3 is 11.1 Å². The van der Waals surface area contributed by atoms with Crippen molar-refractivity contribution in [2.45, 2.75) is 5.92 Å². The molecule has 0 unspecified atom stereocenters. The molecule has 1 aliphatic rings. The molecule has 1 atom stereocenters. The lowest BCUT2D eigenvalue weighted by Gasteiger charge is -2.08. The van der Waals surface area contributed by atoms with Gasteiger partial charge in [-0.05, 0) is 17.7 Å². The molecule has 1 aliphatic heterocycles. The van der Waals surface area contributed by atoms with Crippen LogP contribution in [0.2, 0.25) is 0 Å². The molecular formula is C10H11BrN2. The maximum absolute atomic E-state index is 5.65. The smallest absolute Gasteiger partial charge is 0.0926 e. The second-order valence-corrected chi connectivity index (χ2v) is 3.99. The lowest BCUT2D eigenvalue weighted by molar-refractivity contribution is 0.789. The van der Waals surface area contributed by atoms with Crippen molar-refractivity contribution in [3.63, 3.8) is 0 Å². The van der Waals surface area contributed by atoms with E-state index < -0.39 is 0 Å². The highest BCUT2D eigenvalue weighted by Crippen LogP contribution is 2.27. The minimum Gasteiger partial charge on any atom is -0.386 e. The summed E-state index contributed by atoms with van der Waals surface area (Å²) in [5.74, 6) is 1.18. The molecule has 3 N–H and O–H groups in total.